The summed E-state index contributed by atoms with van der Waals surface area (Å²) in [5, 5.41) is 0. The molecule has 82 valence electrons. The zero-order chi connectivity index (χ0) is 10.8. The SMILES string of the molecule is CN(c1cc(N)cc(F)c1)C1CCSC1. The summed E-state index contributed by atoms with van der Waals surface area (Å²) < 4.78 is 13.2. The van der Waals surface area contributed by atoms with E-state index in [2.05, 4.69) is 4.90 Å². The van der Waals surface area contributed by atoms with Gasteiger partial charge in [0.2, 0.25) is 0 Å². The molecule has 1 unspecified atom stereocenters. The molecule has 1 aromatic rings. The van der Waals surface area contributed by atoms with Crippen molar-refractivity contribution < 1.29 is 4.39 Å². The highest BCUT2D eigenvalue weighted by Crippen LogP contribution is 2.27. The summed E-state index contributed by atoms with van der Waals surface area (Å²) in [6.45, 7) is 0. The van der Waals surface area contributed by atoms with Crippen molar-refractivity contribution in [2.45, 2.75) is 12.5 Å². The van der Waals surface area contributed by atoms with E-state index < -0.39 is 0 Å². The number of nitrogens with zero attached hydrogens (tertiary/aromatic N) is 1. The Labute approximate surface area is 93.6 Å². The number of nitrogen functional groups attached to an aromatic ring is 1. The highest BCUT2D eigenvalue weighted by atomic mass is 32.2. The lowest BCUT2D eigenvalue weighted by Gasteiger charge is -2.26. The topological polar surface area (TPSA) is 29.3 Å². The molecule has 0 aromatic heterocycles. The molecule has 4 heteroatoms. The quantitative estimate of drug-likeness (QED) is 0.785. The molecule has 1 atom stereocenters. The molecular weight excluding hydrogens is 211 g/mol. The molecule has 2 nitrogen and oxygen atoms in total. The predicted octanol–water partition coefficient (Wildman–Crippen LogP) is 2.35. The average molecular weight is 226 g/mol. The fourth-order valence-electron chi connectivity index (χ4n) is 1.84. The molecule has 0 amide bonds. The lowest BCUT2D eigenvalue weighted by Crippen LogP contribution is -2.31. The van der Waals surface area contributed by atoms with E-state index in [9.17, 15) is 4.39 Å². The molecule has 2 N–H and O–H groups in total. The van der Waals surface area contributed by atoms with Crippen molar-refractivity contribution >= 4 is 23.1 Å². The molecule has 1 fully saturated rings. The van der Waals surface area contributed by atoms with Crippen LogP contribution in [0.3, 0.4) is 0 Å². The fraction of sp³-hybridized carbons (Fsp3) is 0.455. The number of hydrogen-bond donors (Lipinski definition) is 1. The molecule has 0 spiro atoms. The van der Waals surface area contributed by atoms with Gasteiger partial charge >= 0.3 is 0 Å². The van der Waals surface area contributed by atoms with Crippen molar-refractivity contribution in [2.24, 2.45) is 0 Å². The summed E-state index contributed by atoms with van der Waals surface area (Å²) in [5.74, 6) is 2.05. The number of thioether (sulfide) groups is 1. The van der Waals surface area contributed by atoms with Gasteiger partial charge in [0.25, 0.3) is 0 Å². The van der Waals surface area contributed by atoms with Crippen LogP contribution in [0.1, 0.15) is 6.42 Å². The zero-order valence-electron chi connectivity index (χ0n) is 8.74. The summed E-state index contributed by atoms with van der Waals surface area (Å²) in [4.78, 5) is 2.12. The first-order valence-electron chi connectivity index (χ1n) is 5.03. The van der Waals surface area contributed by atoms with Crippen LogP contribution in [-0.4, -0.2) is 24.6 Å². The first-order valence-corrected chi connectivity index (χ1v) is 6.19. The standard InChI is InChI=1S/C11H15FN2S/c1-14(10-2-3-15-7-10)11-5-8(12)4-9(13)6-11/h4-6,10H,2-3,7,13H2,1H3. The Morgan fingerprint density at radius 1 is 1.47 bits per heavy atom. The lowest BCUT2D eigenvalue weighted by molar-refractivity contribution is 0.625. The predicted molar refractivity (Wildman–Crippen MR) is 64.9 cm³/mol. The maximum absolute atomic E-state index is 13.2. The molecule has 0 bridgehead atoms. The van der Waals surface area contributed by atoms with Gasteiger partial charge in [-0.3, -0.25) is 0 Å². The van der Waals surface area contributed by atoms with Gasteiger partial charge in [-0.2, -0.15) is 11.8 Å². The van der Waals surface area contributed by atoms with Crippen LogP contribution >= 0.6 is 11.8 Å². The molecular formula is C11H15FN2S. The van der Waals surface area contributed by atoms with Crippen LogP contribution in [0.15, 0.2) is 18.2 Å². The van der Waals surface area contributed by atoms with Crippen LogP contribution in [-0.2, 0) is 0 Å². The molecule has 0 aliphatic carbocycles. The third kappa shape index (κ3) is 2.37. The molecule has 1 aromatic carbocycles. The molecule has 0 saturated carbocycles. The largest absolute Gasteiger partial charge is 0.399 e. The van der Waals surface area contributed by atoms with Gasteiger partial charge in [-0.15, -0.1) is 0 Å². The summed E-state index contributed by atoms with van der Waals surface area (Å²) in [6.07, 6.45) is 1.16. The molecule has 2 rings (SSSR count). The second-order valence-electron chi connectivity index (χ2n) is 3.87. The van der Waals surface area contributed by atoms with Gasteiger partial charge in [-0.1, -0.05) is 0 Å². The monoisotopic (exact) mass is 226 g/mol. The van der Waals surface area contributed by atoms with Gasteiger partial charge in [0.1, 0.15) is 5.82 Å². The lowest BCUT2D eigenvalue weighted by atomic mass is 10.2. The van der Waals surface area contributed by atoms with Crippen molar-refractivity contribution in [3.05, 3.63) is 24.0 Å². The fourth-order valence-corrected chi connectivity index (χ4v) is 3.11. The maximum Gasteiger partial charge on any atom is 0.127 e. The van der Waals surface area contributed by atoms with Crippen molar-refractivity contribution in [1.29, 1.82) is 0 Å². The Hall–Kier alpha value is -0.900. The van der Waals surface area contributed by atoms with E-state index in [1.165, 1.54) is 11.8 Å². The summed E-state index contributed by atoms with van der Waals surface area (Å²) in [7, 11) is 2.00. The van der Waals surface area contributed by atoms with Crippen LogP contribution in [0.4, 0.5) is 15.8 Å². The van der Waals surface area contributed by atoms with Gasteiger partial charge in [-0.25, -0.2) is 4.39 Å². The van der Waals surface area contributed by atoms with E-state index in [4.69, 9.17) is 5.73 Å². The minimum Gasteiger partial charge on any atom is -0.399 e. The number of anilines is 2. The van der Waals surface area contributed by atoms with E-state index in [1.54, 1.807) is 6.07 Å². The third-order valence-electron chi connectivity index (χ3n) is 2.77. The van der Waals surface area contributed by atoms with Crippen LogP contribution in [0.5, 0.6) is 0 Å². The van der Waals surface area contributed by atoms with E-state index >= 15 is 0 Å². The minimum atomic E-state index is -0.262. The summed E-state index contributed by atoms with van der Waals surface area (Å²) >= 11 is 1.95. The molecule has 1 saturated heterocycles. The highest BCUT2D eigenvalue weighted by molar-refractivity contribution is 7.99. The van der Waals surface area contributed by atoms with Gasteiger partial charge < -0.3 is 10.6 Å². The van der Waals surface area contributed by atoms with E-state index in [0.717, 1.165) is 17.9 Å². The first kappa shape index (κ1) is 10.6. The zero-order valence-corrected chi connectivity index (χ0v) is 9.56. The Morgan fingerprint density at radius 3 is 2.87 bits per heavy atom. The number of hydrogen-bond acceptors (Lipinski definition) is 3. The number of benzene rings is 1. The van der Waals surface area contributed by atoms with Crippen LogP contribution in [0.2, 0.25) is 0 Å². The van der Waals surface area contributed by atoms with E-state index in [0.29, 0.717) is 11.7 Å². The molecule has 1 aliphatic heterocycles. The average Bonchev–Trinajstić information content (AvgIpc) is 2.67. The van der Waals surface area contributed by atoms with E-state index in [-0.39, 0.29) is 5.82 Å². The number of rotatable bonds is 2. The Kier molecular flexibility index (Phi) is 3.05. The Bertz CT molecular complexity index is 330. The smallest absolute Gasteiger partial charge is 0.127 e. The van der Waals surface area contributed by atoms with Crippen molar-refractivity contribution in [3.63, 3.8) is 0 Å². The summed E-state index contributed by atoms with van der Waals surface area (Å²) in [5.41, 5.74) is 6.99. The van der Waals surface area contributed by atoms with Gasteiger partial charge in [-0.05, 0) is 30.4 Å². The first-order chi connectivity index (χ1) is 7.16. The molecule has 1 aliphatic rings. The van der Waals surface area contributed by atoms with E-state index in [1.807, 2.05) is 24.9 Å². The van der Waals surface area contributed by atoms with Crippen molar-refractivity contribution in [1.82, 2.24) is 0 Å². The summed E-state index contributed by atoms with van der Waals surface area (Å²) in [6, 6.07) is 5.22. The molecule has 15 heavy (non-hydrogen) atoms. The molecule has 1 heterocycles. The Morgan fingerprint density at radius 2 is 2.27 bits per heavy atom. The number of nitrogens with two attached hydrogens (primary N) is 1. The molecule has 0 radical (unpaired) electrons. The highest BCUT2D eigenvalue weighted by Gasteiger charge is 2.20. The normalized spacial score (nSPS) is 20.5. The van der Waals surface area contributed by atoms with Crippen LogP contribution in [0, 0.1) is 5.82 Å². The van der Waals surface area contributed by atoms with Gasteiger partial charge in [0.15, 0.2) is 0 Å². The maximum atomic E-state index is 13.2. The second-order valence-corrected chi connectivity index (χ2v) is 5.02. The van der Waals surface area contributed by atoms with Gasteiger partial charge in [0, 0.05) is 30.2 Å². The number of halogens is 1. The van der Waals surface area contributed by atoms with Gasteiger partial charge in [0.05, 0.1) is 0 Å². The van der Waals surface area contributed by atoms with Crippen LogP contribution < -0.4 is 10.6 Å². The second kappa shape index (κ2) is 4.31. The third-order valence-corrected chi connectivity index (χ3v) is 3.91. The van der Waals surface area contributed by atoms with Crippen LogP contribution in [0.25, 0.3) is 0 Å². The minimum absolute atomic E-state index is 0.262. The van der Waals surface area contributed by atoms with Crippen molar-refractivity contribution in [2.75, 3.05) is 29.2 Å². The van der Waals surface area contributed by atoms with Crippen molar-refractivity contribution in [3.8, 4) is 0 Å². The Balaban J connectivity index is 2.20.